The van der Waals surface area contributed by atoms with Gasteiger partial charge in [0.1, 0.15) is 6.04 Å². The van der Waals surface area contributed by atoms with Gasteiger partial charge in [0.05, 0.1) is 0 Å². The number of hydrogen-bond acceptors (Lipinski definition) is 3. The molecule has 1 aliphatic heterocycles. The average Bonchev–Trinajstić information content (AvgIpc) is 1.96. The van der Waals surface area contributed by atoms with Crippen molar-refractivity contribution in [2.24, 2.45) is 5.92 Å². The zero-order chi connectivity index (χ0) is 12.3. The van der Waals surface area contributed by atoms with Gasteiger partial charge in [-0.25, -0.2) is 0 Å². The summed E-state index contributed by atoms with van der Waals surface area (Å²) in [4.78, 5) is 10.9. The summed E-state index contributed by atoms with van der Waals surface area (Å²) in [5, 5.41) is 8.91. The van der Waals surface area contributed by atoms with Crippen LogP contribution in [0, 0.1) is 5.92 Å². The smallest absolute Gasteiger partial charge is 0.321 e. The van der Waals surface area contributed by atoms with Crippen molar-refractivity contribution in [1.29, 1.82) is 0 Å². The van der Waals surface area contributed by atoms with Crippen molar-refractivity contribution in [1.82, 2.24) is 9.03 Å². The summed E-state index contributed by atoms with van der Waals surface area (Å²) < 4.78 is 26.8. The third-order valence-corrected chi connectivity index (χ3v) is 4.08. The molecular formula is C9H18N2O4S. The van der Waals surface area contributed by atoms with Crippen LogP contribution in [-0.2, 0) is 15.0 Å². The van der Waals surface area contributed by atoms with E-state index in [1.807, 2.05) is 13.8 Å². The first-order chi connectivity index (χ1) is 7.33. The van der Waals surface area contributed by atoms with Crippen LogP contribution in [0.15, 0.2) is 0 Å². The molecule has 0 aromatic carbocycles. The summed E-state index contributed by atoms with van der Waals surface area (Å²) in [7, 11) is -3.61. The largest absolute Gasteiger partial charge is 0.480 e. The van der Waals surface area contributed by atoms with E-state index in [9.17, 15) is 13.2 Å². The monoisotopic (exact) mass is 250 g/mol. The molecule has 1 rings (SSSR count). The van der Waals surface area contributed by atoms with Crippen molar-refractivity contribution in [3.63, 3.8) is 0 Å². The van der Waals surface area contributed by atoms with E-state index in [0.717, 1.165) is 6.42 Å². The van der Waals surface area contributed by atoms with Crippen molar-refractivity contribution in [2.45, 2.75) is 32.7 Å². The van der Waals surface area contributed by atoms with Gasteiger partial charge in [0.15, 0.2) is 0 Å². The summed E-state index contributed by atoms with van der Waals surface area (Å²) in [6.07, 6.45) is 1.13. The molecule has 0 spiro atoms. The van der Waals surface area contributed by atoms with E-state index >= 15 is 0 Å². The number of nitrogens with zero attached hydrogens (tertiary/aromatic N) is 1. The first-order valence-corrected chi connectivity index (χ1v) is 6.77. The maximum atomic E-state index is 11.7. The molecule has 1 aliphatic rings. The first kappa shape index (κ1) is 13.4. The molecule has 94 valence electrons. The second kappa shape index (κ2) is 5.11. The lowest BCUT2D eigenvalue weighted by atomic mass is 10.1. The molecule has 6 nitrogen and oxygen atoms in total. The van der Waals surface area contributed by atoms with E-state index in [1.54, 1.807) is 0 Å². The van der Waals surface area contributed by atoms with Gasteiger partial charge >= 0.3 is 5.97 Å². The van der Waals surface area contributed by atoms with Crippen molar-refractivity contribution >= 4 is 16.2 Å². The van der Waals surface area contributed by atoms with Gasteiger partial charge in [-0.05, 0) is 18.8 Å². The van der Waals surface area contributed by atoms with Crippen molar-refractivity contribution in [3.05, 3.63) is 0 Å². The normalized spacial score (nSPS) is 19.4. The zero-order valence-electron chi connectivity index (χ0n) is 9.51. The third kappa shape index (κ3) is 3.43. The Hall–Kier alpha value is -0.660. The zero-order valence-corrected chi connectivity index (χ0v) is 10.3. The van der Waals surface area contributed by atoms with E-state index in [4.69, 9.17) is 5.11 Å². The van der Waals surface area contributed by atoms with Crippen LogP contribution in [0.4, 0.5) is 0 Å². The summed E-state index contributed by atoms with van der Waals surface area (Å²) in [6.45, 7) is 4.66. The molecule has 0 saturated carbocycles. The molecule has 0 aliphatic carbocycles. The molecule has 1 atom stereocenters. The summed E-state index contributed by atoms with van der Waals surface area (Å²) >= 11 is 0. The molecule has 1 fully saturated rings. The lowest BCUT2D eigenvalue weighted by Crippen LogP contribution is -2.53. The number of nitrogens with one attached hydrogen (secondary N) is 1. The van der Waals surface area contributed by atoms with Gasteiger partial charge in [-0.15, -0.1) is 0 Å². The fraction of sp³-hybridized carbons (Fsp3) is 0.889. The number of hydrogen-bond donors (Lipinski definition) is 2. The lowest BCUT2D eigenvalue weighted by Gasteiger charge is -2.31. The van der Waals surface area contributed by atoms with E-state index < -0.39 is 22.2 Å². The maximum Gasteiger partial charge on any atom is 0.321 e. The Labute approximate surface area is 95.8 Å². The molecule has 1 saturated heterocycles. The van der Waals surface area contributed by atoms with Gasteiger partial charge in [-0.3, -0.25) is 4.79 Å². The van der Waals surface area contributed by atoms with Crippen molar-refractivity contribution < 1.29 is 18.3 Å². The predicted molar refractivity (Wildman–Crippen MR) is 59.1 cm³/mol. The first-order valence-electron chi connectivity index (χ1n) is 5.33. The van der Waals surface area contributed by atoms with Crippen LogP contribution in [0.25, 0.3) is 0 Å². The minimum Gasteiger partial charge on any atom is -0.480 e. The van der Waals surface area contributed by atoms with Gasteiger partial charge in [0.25, 0.3) is 10.2 Å². The van der Waals surface area contributed by atoms with E-state index in [2.05, 4.69) is 4.72 Å². The van der Waals surface area contributed by atoms with Crippen LogP contribution in [0.5, 0.6) is 0 Å². The summed E-state index contributed by atoms with van der Waals surface area (Å²) in [5.41, 5.74) is 0. The van der Waals surface area contributed by atoms with Crippen molar-refractivity contribution in [2.75, 3.05) is 13.1 Å². The van der Waals surface area contributed by atoms with Crippen LogP contribution >= 0.6 is 0 Å². The van der Waals surface area contributed by atoms with Crippen LogP contribution < -0.4 is 4.72 Å². The maximum absolute atomic E-state index is 11.7. The fourth-order valence-electron chi connectivity index (χ4n) is 1.45. The molecule has 16 heavy (non-hydrogen) atoms. The van der Waals surface area contributed by atoms with Crippen molar-refractivity contribution in [3.8, 4) is 0 Å². The highest BCUT2D eigenvalue weighted by Crippen LogP contribution is 2.13. The molecule has 0 radical (unpaired) electrons. The molecular weight excluding hydrogens is 232 g/mol. The highest BCUT2D eigenvalue weighted by atomic mass is 32.2. The van der Waals surface area contributed by atoms with Crippen LogP contribution in [0.3, 0.4) is 0 Å². The average molecular weight is 250 g/mol. The topological polar surface area (TPSA) is 86.7 Å². The Morgan fingerprint density at radius 3 is 2.31 bits per heavy atom. The lowest BCUT2D eigenvalue weighted by molar-refractivity contribution is -0.139. The fourth-order valence-corrected chi connectivity index (χ4v) is 2.90. The van der Waals surface area contributed by atoms with E-state index in [-0.39, 0.29) is 5.92 Å². The standard InChI is InChI=1S/C9H18N2O4S/c1-7(2)6-8(9(12)13)10-16(14,15)11-4-3-5-11/h7-8,10H,3-6H2,1-2H3,(H,12,13)/t8-/m1/s1. The van der Waals surface area contributed by atoms with Gasteiger partial charge in [0.2, 0.25) is 0 Å². The molecule has 0 aromatic heterocycles. The quantitative estimate of drug-likeness (QED) is 0.696. The Bertz CT molecular complexity index is 349. The predicted octanol–water partition coefficient (Wildman–Crippen LogP) is 0.0258. The molecule has 2 N–H and O–H groups in total. The Kier molecular flexibility index (Phi) is 4.28. The van der Waals surface area contributed by atoms with Crippen LogP contribution in [0.2, 0.25) is 0 Å². The molecule has 0 unspecified atom stereocenters. The number of aliphatic carboxylic acids is 1. The third-order valence-electron chi connectivity index (χ3n) is 2.45. The molecule has 0 amide bonds. The summed E-state index contributed by atoms with van der Waals surface area (Å²) in [6, 6.07) is -1.04. The molecule has 0 bridgehead atoms. The molecule has 1 heterocycles. The number of carboxylic acids is 1. The highest BCUT2D eigenvalue weighted by molar-refractivity contribution is 7.87. The molecule has 0 aromatic rings. The highest BCUT2D eigenvalue weighted by Gasteiger charge is 2.32. The Balaban J connectivity index is 2.63. The number of rotatable bonds is 6. The van der Waals surface area contributed by atoms with Crippen LogP contribution in [0.1, 0.15) is 26.7 Å². The minimum atomic E-state index is -3.61. The molecule has 7 heteroatoms. The number of carbonyl (C=O) groups is 1. The van der Waals surface area contributed by atoms with Gasteiger partial charge < -0.3 is 5.11 Å². The Morgan fingerprint density at radius 1 is 1.44 bits per heavy atom. The second-order valence-corrected chi connectivity index (χ2v) is 6.10. The SMILES string of the molecule is CC(C)C[C@@H](NS(=O)(=O)N1CCC1)C(=O)O. The van der Waals surface area contributed by atoms with E-state index in [0.29, 0.717) is 19.5 Å². The van der Waals surface area contributed by atoms with Gasteiger partial charge in [-0.2, -0.15) is 17.4 Å². The summed E-state index contributed by atoms with van der Waals surface area (Å²) in [5.74, 6) is -1.00. The Morgan fingerprint density at radius 2 is 2.00 bits per heavy atom. The van der Waals surface area contributed by atoms with Gasteiger partial charge in [0, 0.05) is 13.1 Å². The van der Waals surface area contributed by atoms with Crippen LogP contribution in [-0.4, -0.2) is 42.9 Å². The number of carboxylic acid groups (broad SMARTS) is 1. The second-order valence-electron chi connectivity index (χ2n) is 4.40. The van der Waals surface area contributed by atoms with E-state index in [1.165, 1.54) is 4.31 Å². The minimum absolute atomic E-state index is 0.125. The van der Waals surface area contributed by atoms with Gasteiger partial charge in [-0.1, -0.05) is 13.8 Å².